The number of benzene rings is 2. The number of aromatic nitrogens is 2. The van der Waals surface area contributed by atoms with Gasteiger partial charge in [0.2, 0.25) is 11.8 Å². The lowest BCUT2D eigenvalue weighted by atomic mass is 9.98. The third-order valence-electron chi connectivity index (χ3n) is 11.9. The van der Waals surface area contributed by atoms with Crippen molar-refractivity contribution < 1.29 is 28.2 Å². The first kappa shape index (κ1) is 37.2. The van der Waals surface area contributed by atoms with Gasteiger partial charge in [-0.3, -0.25) is 19.7 Å². The summed E-state index contributed by atoms with van der Waals surface area (Å²) in [6, 6.07) is 10.4. The van der Waals surface area contributed by atoms with Crippen LogP contribution in [0.3, 0.4) is 0 Å². The first-order chi connectivity index (χ1) is 26.3. The number of fused-ring (bicyclic) bond motifs is 2. The Morgan fingerprint density at radius 3 is 2.41 bits per heavy atom. The highest BCUT2D eigenvalue weighted by Gasteiger charge is 2.41. The number of ether oxygens (including phenoxy) is 3. The molecule has 2 unspecified atom stereocenters. The minimum atomic E-state index is -0.600. The third kappa shape index (κ3) is 9.21. The monoisotopic (exact) mass is 762 g/mol. The van der Waals surface area contributed by atoms with E-state index in [1.807, 2.05) is 24.3 Å². The van der Waals surface area contributed by atoms with Gasteiger partial charge in [-0.25, -0.2) is 9.37 Å². The van der Waals surface area contributed by atoms with Gasteiger partial charge in [0, 0.05) is 68.9 Å². The molecule has 12 nitrogen and oxygen atoms in total. The number of anilines is 1. The number of likely N-dealkylation sites (tertiary alicyclic amines) is 2. The van der Waals surface area contributed by atoms with Crippen molar-refractivity contribution in [2.24, 2.45) is 17.8 Å². The number of carbonyl (C=O) groups is 2. The fraction of sp³-hybridized carbons (Fsp3) is 0.600. The van der Waals surface area contributed by atoms with Gasteiger partial charge in [-0.2, -0.15) is 11.8 Å². The van der Waals surface area contributed by atoms with E-state index in [1.54, 1.807) is 17.8 Å². The van der Waals surface area contributed by atoms with Gasteiger partial charge in [0.1, 0.15) is 34.6 Å². The van der Waals surface area contributed by atoms with Crippen molar-refractivity contribution in [1.82, 2.24) is 25.1 Å². The van der Waals surface area contributed by atoms with E-state index in [4.69, 9.17) is 14.2 Å². The quantitative estimate of drug-likeness (QED) is 0.211. The second-order valence-corrected chi connectivity index (χ2v) is 17.0. The Bertz CT molecular complexity index is 1830. The Balaban J connectivity index is 0.730. The van der Waals surface area contributed by atoms with Gasteiger partial charge in [-0.1, -0.05) is 0 Å². The highest BCUT2D eigenvalue weighted by Crippen LogP contribution is 2.40. The first-order valence-electron chi connectivity index (χ1n) is 19.7. The number of piperidine rings is 2. The molecule has 1 aliphatic carbocycles. The zero-order chi connectivity index (χ0) is 37.0. The number of amides is 2. The van der Waals surface area contributed by atoms with Gasteiger partial charge < -0.3 is 34.3 Å². The van der Waals surface area contributed by atoms with Gasteiger partial charge in [0.15, 0.2) is 0 Å². The predicted molar refractivity (Wildman–Crippen MR) is 205 cm³/mol. The van der Waals surface area contributed by atoms with E-state index >= 15 is 4.39 Å². The summed E-state index contributed by atoms with van der Waals surface area (Å²) in [5.41, 5.74) is 0.734. The molecule has 0 radical (unpaired) electrons. The Labute approximate surface area is 319 Å². The van der Waals surface area contributed by atoms with E-state index in [1.165, 1.54) is 6.07 Å². The molecule has 5 heterocycles. The standard InChI is InChI=1S/C40H51FN6O6S/c41-33-19-30(20-35-38(33)40(50)44-36(43-35)24-54-32-9-15-51-16-10-32)52-23-25-7-11-46(12-8-25)13-14-47-21-26-17-31(18-27(26)22-47)53-29-3-1-28(2-4-29)42-34-5-6-37(48)45-39(34)49/h1-4,19-20,25-27,31-32,34,42H,5-18,21-24H2,(H,43,44,50)(H,45,48,49)/t26-,27+,31?,34?. The minimum Gasteiger partial charge on any atom is -0.493 e. The molecule has 1 saturated carbocycles. The Morgan fingerprint density at radius 1 is 0.926 bits per heavy atom. The van der Waals surface area contributed by atoms with Crippen LogP contribution in [0.1, 0.15) is 57.2 Å². The lowest BCUT2D eigenvalue weighted by Crippen LogP contribution is -2.47. The number of nitrogens with zero attached hydrogens (tertiary/aromatic N) is 3. The maximum Gasteiger partial charge on any atom is 0.261 e. The van der Waals surface area contributed by atoms with E-state index in [2.05, 4.69) is 30.4 Å². The van der Waals surface area contributed by atoms with E-state index in [-0.39, 0.29) is 23.3 Å². The van der Waals surface area contributed by atoms with Crippen molar-refractivity contribution in [3.63, 3.8) is 0 Å². The van der Waals surface area contributed by atoms with Gasteiger partial charge in [-0.15, -0.1) is 0 Å². The number of hydrogen-bond donors (Lipinski definition) is 3. The molecule has 4 aliphatic heterocycles. The fourth-order valence-electron chi connectivity index (χ4n) is 8.79. The zero-order valence-corrected chi connectivity index (χ0v) is 31.5. The summed E-state index contributed by atoms with van der Waals surface area (Å²) in [6.07, 6.45) is 7.29. The molecule has 5 fully saturated rings. The second kappa shape index (κ2) is 17.0. The molecule has 2 aromatic carbocycles. The number of halogens is 1. The molecule has 4 saturated heterocycles. The number of imide groups is 1. The normalized spacial score (nSPS) is 25.9. The minimum absolute atomic E-state index is 0.0181. The zero-order valence-electron chi connectivity index (χ0n) is 30.7. The summed E-state index contributed by atoms with van der Waals surface area (Å²) in [5, 5.41) is 6.06. The van der Waals surface area contributed by atoms with Crippen molar-refractivity contribution in [3.8, 4) is 11.5 Å². The van der Waals surface area contributed by atoms with E-state index in [0.717, 1.165) is 102 Å². The van der Waals surface area contributed by atoms with Crippen molar-refractivity contribution in [2.75, 3.05) is 64.4 Å². The molecular formula is C40H51FN6O6S. The number of rotatable bonds is 13. The number of aromatic amines is 1. The number of hydrogen-bond acceptors (Lipinski definition) is 11. The molecule has 5 aliphatic rings. The van der Waals surface area contributed by atoms with Crippen molar-refractivity contribution in [1.29, 1.82) is 0 Å². The maximum atomic E-state index is 15.0. The topological polar surface area (TPSA) is 138 Å². The summed E-state index contributed by atoms with van der Waals surface area (Å²) >= 11 is 1.76. The SMILES string of the molecule is O=C1CCC(Nc2ccc(OC3C[C@@H]4CN(CCN5CCC(COc6cc(F)c7c(=O)[nH]c(CSC8CCOCC8)nc7c6)CC5)C[C@@H]4C3)cc2)C(=O)N1. The van der Waals surface area contributed by atoms with Gasteiger partial charge in [0.05, 0.1) is 24.0 Å². The summed E-state index contributed by atoms with van der Waals surface area (Å²) < 4.78 is 32.9. The molecule has 54 heavy (non-hydrogen) atoms. The van der Waals surface area contributed by atoms with Crippen LogP contribution in [0.2, 0.25) is 0 Å². The van der Waals surface area contributed by atoms with E-state index in [0.29, 0.717) is 65.3 Å². The highest BCUT2D eigenvalue weighted by molar-refractivity contribution is 7.99. The maximum absolute atomic E-state index is 15.0. The van der Waals surface area contributed by atoms with Crippen LogP contribution in [-0.2, 0) is 20.1 Å². The number of thioether (sulfide) groups is 1. The second-order valence-electron chi connectivity index (χ2n) is 15.7. The van der Waals surface area contributed by atoms with Gasteiger partial charge >= 0.3 is 0 Å². The highest BCUT2D eigenvalue weighted by atomic mass is 32.2. The van der Waals surface area contributed by atoms with Crippen molar-refractivity contribution in [3.05, 3.63) is 58.4 Å². The Hall–Kier alpha value is -3.72. The third-order valence-corrected chi connectivity index (χ3v) is 13.2. The molecule has 8 rings (SSSR count). The molecule has 1 aromatic heterocycles. The van der Waals surface area contributed by atoms with Crippen molar-refractivity contribution in [2.45, 2.75) is 74.5 Å². The number of nitrogens with one attached hydrogen (secondary N) is 3. The average Bonchev–Trinajstić information content (AvgIpc) is 3.73. The Kier molecular flexibility index (Phi) is 11.7. The van der Waals surface area contributed by atoms with Gasteiger partial charge in [0.25, 0.3) is 5.56 Å². The summed E-state index contributed by atoms with van der Waals surface area (Å²) in [6.45, 7) is 8.52. The molecule has 290 valence electrons. The molecule has 2 amide bonds. The first-order valence-corrected chi connectivity index (χ1v) is 20.7. The summed E-state index contributed by atoms with van der Waals surface area (Å²) in [5.74, 6) is 3.06. The number of carbonyl (C=O) groups excluding carboxylic acids is 2. The lowest BCUT2D eigenvalue weighted by molar-refractivity contribution is -0.133. The number of H-pyrrole nitrogens is 1. The fourth-order valence-corrected chi connectivity index (χ4v) is 9.84. The molecule has 3 N–H and O–H groups in total. The lowest BCUT2D eigenvalue weighted by Gasteiger charge is -2.33. The van der Waals surface area contributed by atoms with Crippen LogP contribution in [0.4, 0.5) is 10.1 Å². The Morgan fingerprint density at radius 2 is 1.67 bits per heavy atom. The van der Waals surface area contributed by atoms with Crippen molar-refractivity contribution >= 4 is 40.2 Å². The van der Waals surface area contributed by atoms with Crippen LogP contribution in [0.25, 0.3) is 10.9 Å². The molecule has 14 heteroatoms. The van der Waals surface area contributed by atoms with Crippen LogP contribution in [0, 0.1) is 23.6 Å². The molecular weight excluding hydrogens is 712 g/mol. The predicted octanol–water partition coefficient (Wildman–Crippen LogP) is 4.57. The summed E-state index contributed by atoms with van der Waals surface area (Å²) in [4.78, 5) is 48.7. The van der Waals surface area contributed by atoms with Crippen LogP contribution >= 0.6 is 11.8 Å². The van der Waals surface area contributed by atoms with Crippen LogP contribution < -0.4 is 25.7 Å². The van der Waals surface area contributed by atoms with Crippen LogP contribution in [0.15, 0.2) is 41.2 Å². The smallest absolute Gasteiger partial charge is 0.261 e. The average molecular weight is 763 g/mol. The molecule has 3 aromatic rings. The summed E-state index contributed by atoms with van der Waals surface area (Å²) in [7, 11) is 0. The molecule has 0 spiro atoms. The molecule has 0 bridgehead atoms. The van der Waals surface area contributed by atoms with E-state index < -0.39 is 17.4 Å². The molecule has 4 atom stereocenters. The largest absolute Gasteiger partial charge is 0.493 e. The van der Waals surface area contributed by atoms with E-state index in [9.17, 15) is 14.4 Å². The van der Waals surface area contributed by atoms with Gasteiger partial charge in [-0.05, 0) is 100 Å². The van der Waals surface area contributed by atoms with Crippen LogP contribution in [-0.4, -0.2) is 108 Å². The van der Waals surface area contributed by atoms with Crippen LogP contribution in [0.5, 0.6) is 11.5 Å².